The van der Waals surface area contributed by atoms with Gasteiger partial charge in [-0.2, -0.15) is 8.42 Å². The maximum Gasteiger partial charge on any atom is 0.289 e. The van der Waals surface area contributed by atoms with Gasteiger partial charge in [0, 0.05) is 12.0 Å². The van der Waals surface area contributed by atoms with Crippen LogP contribution in [0.2, 0.25) is 0 Å². The molecule has 3 rings (SSSR count). The van der Waals surface area contributed by atoms with E-state index in [9.17, 15) is 22.8 Å². The standard InChI is InChI=1S/C21H31NO6S/c1-12(2)15-16(19(3,4)5)18(25)22(17(15)24)28-29(26,27)11-21-9-8-13(10-14(21)23)20(21,6)7/h13,16H,8-11H2,1-7H3. The summed E-state index contributed by atoms with van der Waals surface area (Å²) in [6, 6.07) is 0. The number of hydroxylamine groups is 2. The van der Waals surface area contributed by atoms with Crippen LogP contribution in [0.5, 0.6) is 0 Å². The molecule has 1 aliphatic heterocycles. The molecule has 0 spiro atoms. The Labute approximate surface area is 172 Å². The first-order valence-electron chi connectivity index (χ1n) is 10.1. The van der Waals surface area contributed by atoms with Crippen molar-refractivity contribution in [3.8, 4) is 0 Å². The molecule has 3 unspecified atom stereocenters. The van der Waals surface area contributed by atoms with Crippen molar-refractivity contribution >= 4 is 27.7 Å². The summed E-state index contributed by atoms with van der Waals surface area (Å²) in [5, 5.41) is 0.392. The van der Waals surface area contributed by atoms with Gasteiger partial charge >= 0.3 is 0 Å². The van der Waals surface area contributed by atoms with Crippen molar-refractivity contribution in [2.24, 2.45) is 28.1 Å². The van der Waals surface area contributed by atoms with E-state index in [4.69, 9.17) is 4.28 Å². The number of rotatable bonds is 4. The highest BCUT2D eigenvalue weighted by Gasteiger charge is 2.66. The summed E-state index contributed by atoms with van der Waals surface area (Å²) >= 11 is 0. The molecule has 2 bridgehead atoms. The Hall–Kier alpha value is -1.54. The van der Waals surface area contributed by atoms with Crippen LogP contribution in [0.1, 0.15) is 67.7 Å². The first-order chi connectivity index (χ1) is 13.0. The second-order valence-electron chi connectivity index (χ2n) is 10.6. The van der Waals surface area contributed by atoms with Gasteiger partial charge in [0.2, 0.25) is 0 Å². The van der Waals surface area contributed by atoms with Gasteiger partial charge in [0.1, 0.15) is 5.78 Å². The maximum absolute atomic E-state index is 13.0. The highest BCUT2D eigenvalue weighted by molar-refractivity contribution is 7.86. The average molecular weight is 426 g/mol. The third kappa shape index (κ3) is 3.19. The molecule has 0 aromatic rings. The number of hydrogen-bond donors (Lipinski definition) is 0. The van der Waals surface area contributed by atoms with Crippen LogP contribution in [0.3, 0.4) is 0 Å². The number of ketones is 1. The molecule has 3 fully saturated rings. The highest BCUT2D eigenvalue weighted by Crippen LogP contribution is 2.64. The Bertz CT molecular complexity index is 919. The largest absolute Gasteiger partial charge is 0.299 e. The summed E-state index contributed by atoms with van der Waals surface area (Å²) < 4.78 is 31.0. The lowest BCUT2D eigenvalue weighted by molar-refractivity contribution is -0.165. The van der Waals surface area contributed by atoms with Crippen LogP contribution in [0.15, 0.2) is 11.1 Å². The molecule has 162 valence electrons. The van der Waals surface area contributed by atoms with Gasteiger partial charge in [-0.25, -0.2) is 0 Å². The third-order valence-electron chi connectivity index (χ3n) is 7.31. The fraction of sp³-hybridized carbons (Fsp3) is 0.762. The molecule has 7 nitrogen and oxygen atoms in total. The van der Waals surface area contributed by atoms with Gasteiger partial charge in [-0.15, -0.1) is 9.35 Å². The predicted octanol–water partition coefficient (Wildman–Crippen LogP) is 3.01. The van der Waals surface area contributed by atoms with Gasteiger partial charge in [0.05, 0.1) is 17.1 Å². The Morgan fingerprint density at radius 3 is 2.14 bits per heavy atom. The van der Waals surface area contributed by atoms with Crippen LogP contribution in [0.4, 0.5) is 0 Å². The number of hydrogen-bond acceptors (Lipinski definition) is 6. The van der Waals surface area contributed by atoms with Crippen molar-refractivity contribution < 1.29 is 27.1 Å². The van der Waals surface area contributed by atoms with Crippen molar-refractivity contribution in [2.75, 3.05) is 5.75 Å². The Morgan fingerprint density at radius 1 is 1.17 bits per heavy atom. The molecule has 3 aliphatic rings. The summed E-state index contributed by atoms with van der Waals surface area (Å²) in [6.45, 7) is 12.7. The minimum Gasteiger partial charge on any atom is -0.299 e. The number of carbonyl (C=O) groups is 3. The molecule has 29 heavy (non-hydrogen) atoms. The van der Waals surface area contributed by atoms with Gasteiger partial charge in [-0.3, -0.25) is 14.4 Å². The van der Waals surface area contributed by atoms with Crippen molar-refractivity contribution in [3.05, 3.63) is 11.1 Å². The summed E-state index contributed by atoms with van der Waals surface area (Å²) in [5.74, 6) is -2.62. The van der Waals surface area contributed by atoms with E-state index in [0.717, 1.165) is 6.42 Å². The lowest BCUT2D eigenvalue weighted by Crippen LogP contribution is -2.45. The van der Waals surface area contributed by atoms with E-state index in [1.807, 2.05) is 34.6 Å². The number of Topliss-reactive ketones (excluding diaryl/α,β-unsaturated/α-hetero) is 1. The molecule has 2 amide bonds. The Kier molecular flexibility index (Phi) is 4.95. The van der Waals surface area contributed by atoms with Crippen molar-refractivity contribution in [2.45, 2.75) is 67.7 Å². The van der Waals surface area contributed by atoms with Crippen molar-refractivity contribution in [3.63, 3.8) is 0 Å². The lowest BCUT2D eigenvalue weighted by Gasteiger charge is -2.35. The molecule has 3 atom stereocenters. The van der Waals surface area contributed by atoms with Crippen LogP contribution < -0.4 is 0 Å². The molecule has 1 heterocycles. The zero-order valence-electron chi connectivity index (χ0n) is 18.3. The van der Waals surface area contributed by atoms with E-state index in [1.54, 1.807) is 13.8 Å². The SMILES string of the molecule is CC(C)=C1C(=O)N(OS(=O)(=O)CC23CCC(CC2=O)C3(C)C)C(=O)C1C(C)(C)C. The van der Waals surface area contributed by atoms with Gasteiger partial charge in [-0.1, -0.05) is 40.2 Å². The van der Waals surface area contributed by atoms with Gasteiger partial charge in [-0.05, 0) is 43.4 Å². The fourth-order valence-electron chi connectivity index (χ4n) is 5.50. The molecule has 0 aromatic heterocycles. The third-order valence-corrected chi connectivity index (χ3v) is 8.53. The monoisotopic (exact) mass is 425 g/mol. The number of allylic oxidation sites excluding steroid dienone is 1. The molecule has 0 aromatic carbocycles. The first-order valence-corrected chi connectivity index (χ1v) is 11.6. The Balaban J connectivity index is 1.91. The molecule has 8 heteroatoms. The average Bonchev–Trinajstić information content (AvgIpc) is 3.00. The van der Waals surface area contributed by atoms with Gasteiger partial charge in [0.25, 0.3) is 21.9 Å². The van der Waals surface area contributed by atoms with Gasteiger partial charge in [0.15, 0.2) is 0 Å². The highest BCUT2D eigenvalue weighted by atomic mass is 32.2. The summed E-state index contributed by atoms with van der Waals surface area (Å²) in [5.41, 5.74) is -1.14. The Morgan fingerprint density at radius 2 is 1.76 bits per heavy atom. The summed E-state index contributed by atoms with van der Waals surface area (Å²) in [4.78, 5) is 38.5. The second kappa shape index (κ2) is 6.48. The zero-order chi connectivity index (χ0) is 22.2. The second-order valence-corrected chi connectivity index (χ2v) is 12.1. The number of nitrogens with zero attached hydrogens (tertiary/aromatic N) is 1. The minimum absolute atomic E-state index is 0.0671. The van der Waals surface area contributed by atoms with E-state index in [1.165, 1.54) is 0 Å². The lowest BCUT2D eigenvalue weighted by atomic mass is 9.70. The topological polar surface area (TPSA) is 97.8 Å². The van der Waals surface area contributed by atoms with Crippen LogP contribution in [0.25, 0.3) is 0 Å². The maximum atomic E-state index is 13.0. The van der Waals surface area contributed by atoms with E-state index >= 15 is 0 Å². The van der Waals surface area contributed by atoms with Crippen LogP contribution in [0, 0.1) is 28.1 Å². The minimum atomic E-state index is -4.34. The van der Waals surface area contributed by atoms with Gasteiger partial charge < -0.3 is 0 Å². The molecule has 2 aliphatic carbocycles. The number of amides is 2. The van der Waals surface area contributed by atoms with Crippen LogP contribution in [-0.4, -0.2) is 36.8 Å². The van der Waals surface area contributed by atoms with Crippen molar-refractivity contribution in [1.82, 2.24) is 5.06 Å². The number of carbonyl (C=O) groups excluding carboxylic acids is 3. The quantitative estimate of drug-likeness (QED) is 0.507. The summed E-state index contributed by atoms with van der Waals surface area (Å²) in [7, 11) is -4.34. The van der Waals surface area contributed by atoms with Crippen LogP contribution in [-0.2, 0) is 28.8 Å². The molecular weight excluding hydrogens is 394 g/mol. The first kappa shape index (κ1) is 22.2. The number of imide groups is 1. The van der Waals surface area contributed by atoms with E-state index in [0.29, 0.717) is 23.5 Å². The van der Waals surface area contributed by atoms with E-state index < -0.39 is 49.8 Å². The fourth-order valence-corrected chi connectivity index (χ4v) is 7.20. The zero-order valence-corrected chi connectivity index (χ0v) is 19.1. The smallest absolute Gasteiger partial charge is 0.289 e. The van der Waals surface area contributed by atoms with E-state index in [-0.39, 0.29) is 17.3 Å². The molecule has 0 radical (unpaired) electrons. The molecule has 2 saturated carbocycles. The normalized spacial score (nSPS) is 31.9. The predicted molar refractivity (Wildman–Crippen MR) is 107 cm³/mol. The number of fused-ring (bicyclic) bond motifs is 2. The van der Waals surface area contributed by atoms with E-state index in [2.05, 4.69) is 0 Å². The molecular formula is C21H31NO6S. The molecule has 1 saturated heterocycles. The molecule has 0 N–H and O–H groups in total. The van der Waals surface area contributed by atoms with Crippen LogP contribution >= 0.6 is 0 Å². The van der Waals surface area contributed by atoms with Crippen molar-refractivity contribution in [1.29, 1.82) is 0 Å². The summed E-state index contributed by atoms with van der Waals surface area (Å²) in [6.07, 6.45) is 1.65.